The second-order valence-electron chi connectivity index (χ2n) is 6.15. The van der Waals surface area contributed by atoms with Gasteiger partial charge in [-0.2, -0.15) is 0 Å². The lowest BCUT2D eigenvalue weighted by Crippen LogP contribution is -2.32. The number of carbonyl (C=O) groups is 1. The first-order valence-corrected chi connectivity index (χ1v) is 7.23. The lowest BCUT2D eigenvalue weighted by molar-refractivity contribution is -0.128. The van der Waals surface area contributed by atoms with Crippen LogP contribution in [-0.2, 0) is 4.79 Å². The van der Waals surface area contributed by atoms with Crippen molar-refractivity contribution in [3.63, 3.8) is 0 Å². The normalized spacial score (nSPS) is 41.0. The van der Waals surface area contributed by atoms with Gasteiger partial charge in [-0.3, -0.25) is 4.79 Å². The topological polar surface area (TPSA) is 17.1 Å². The van der Waals surface area contributed by atoms with Gasteiger partial charge < -0.3 is 0 Å². The molecule has 0 heterocycles. The van der Waals surface area contributed by atoms with Gasteiger partial charge in [-0.15, -0.1) is 0 Å². The summed E-state index contributed by atoms with van der Waals surface area (Å²) in [6.07, 6.45) is 9.91. The van der Waals surface area contributed by atoms with Gasteiger partial charge in [-0.1, -0.05) is 33.1 Å². The van der Waals surface area contributed by atoms with E-state index in [1.54, 1.807) is 0 Å². The van der Waals surface area contributed by atoms with Crippen LogP contribution in [0.2, 0.25) is 0 Å². The average Bonchev–Trinajstić information content (AvgIpc) is 2.30. The lowest BCUT2D eigenvalue weighted by atomic mass is 9.68. The molecule has 0 aromatic heterocycles. The van der Waals surface area contributed by atoms with Crippen molar-refractivity contribution < 1.29 is 4.79 Å². The highest BCUT2D eigenvalue weighted by atomic mass is 16.1. The van der Waals surface area contributed by atoms with Crippen molar-refractivity contribution in [2.45, 2.75) is 65.2 Å². The van der Waals surface area contributed by atoms with Crippen LogP contribution in [0.3, 0.4) is 0 Å². The van der Waals surface area contributed by atoms with Crippen LogP contribution in [0.5, 0.6) is 0 Å². The monoisotopic (exact) mass is 222 g/mol. The van der Waals surface area contributed by atoms with E-state index in [2.05, 4.69) is 13.8 Å². The molecule has 0 aromatic carbocycles. The Bertz CT molecular complexity index is 238. The van der Waals surface area contributed by atoms with Crippen molar-refractivity contribution in [1.82, 2.24) is 0 Å². The molecule has 2 saturated carbocycles. The van der Waals surface area contributed by atoms with Gasteiger partial charge in [0.2, 0.25) is 0 Å². The van der Waals surface area contributed by atoms with Gasteiger partial charge in [0.1, 0.15) is 5.78 Å². The fourth-order valence-electron chi connectivity index (χ4n) is 3.65. The molecule has 2 atom stereocenters. The molecular formula is C15H26O. The van der Waals surface area contributed by atoms with Crippen LogP contribution in [0.1, 0.15) is 65.2 Å². The molecule has 16 heavy (non-hydrogen) atoms. The largest absolute Gasteiger partial charge is 0.299 e. The van der Waals surface area contributed by atoms with Gasteiger partial charge in [0.05, 0.1) is 0 Å². The smallest absolute Gasteiger partial charge is 0.136 e. The molecule has 0 aromatic rings. The molecule has 2 fully saturated rings. The van der Waals surface area contributed by atoms with Crippen molar-refractivity contribution in [3.8, 4) is 0 Å². The maximum absolute atomic E-state index is 12.1. The molecule has 2 aliphatic rings. The molecule has 2 unspecified atom stereocenters. The van der Waals surface area contributed by atoms with Gasteiger partial charge in [-0.05, 0) is 43.4 Å². The summed E-state index contributed by atoms with van der Waals surface area (Å²) in [7, 11) is 0. The highest BCUT2D eigenvalue weighted by Crippen LogP contribution is 2.40. The minimum atomic E-state index is 0.440. The van der Waals surface area contributed by atoms with Crippen LogP contribution in [0.15, 0.2) is 0 Å². The molecule has 0 amide bonds. The zero-order valence-corrected chi connectivity index (χ0v) is 10.9. The number of hydrogen-bond acceptors (Lipinski definition) is 1. The van der Waals surface area contributed by atoms with E-state index >= 15 is 0 Å². The van der Waals surface area contributed by atoms with Gasteiger partial charge in [0, 0.05) is 12.3 Å². The molecule has 92 valence electrons. The number of hydrogen-bond donors (Lipinski definition) is 0. The van der Waals surface area contributed by atoms with Crippen LogP contribution < -0.4 is 0 Å². The zero-order chi connectivity index (χ0) is 11.5. The molecule has 0 radical (unpaired) electrons. The second kappa shape index (κ2) is 5.33. The molecule has 0 spiro atoms. The third kappa shape index (κ3) is 2.67. The second-order valence-corrected chi connectivity index (χ2v) is 6.15. The number of carbonyl (C=O) groups excluding carboxylic acids is 1. The van der Waals surface area contributed by atoms with E-state index in [9.17, 15) is 4.79 Å². The van der Waals surface area contributed by atoms with E-state index in [4.69, 9.17) is 0 Å². The Morgan fingerprint density at radius 1 is 1.06 bits per heavy atom. The third-order valence-corrected chi connectivity index (χ3v) is 5.00. The lowest BCUT2D eigenvalue weighted by Gasteiger charge is -2.36. The van der Waals surface area contributed by atoms with Crippen molar-refractivity contribution in [3.05, 3.63) is 0 Å². The number of rotatable bonds is 2. The summed E-state index contributed by atoms with van der Waals surface area (Å²) >= 11 is 0. The zero-order valence-electron chi connectivity index (χ0n) is 10.9. The summed E-state index contributed by atoms with van der Waals surface area (Å²) < 4.78 is 0. The Balaban J connectivity index is 1.88. The molecule has 2 aliphatic carbocycles. The summed E-state index contributed by atoms with van der Waals surface area (Å²) in [5.41, 5.74) is 0. The Labute approximate surface area is 100.0 Å². The van der Waals surface area contributed by atoms with E-state index in [1.165, 1.54) is 44.9 Å². The number of ketones is 1. The maximum Gasteiger partial charge on any atom is 0.136 e. The van der Waals surface area contributed by atoms with Gasteiger partial charge >= 0.3 is 0 Å². The van der Waals surface area contributed by atoms with E-state index in [0.717, 1.165) is 18.3 Å². The van der Waals surface area contributed by atoms with Crippen LogP contribution >= 0.6 is 0 Å². The summed E-state index contributed by atoms with van der Waals surface area (Å²) in [4.78, 5) is 12.1. The Hall–Kier alpha value is -0.330. The van der Waals surface area contributed by atoms with E-state index in [-0.39, 0.29) is 0 Å². The van der Waals surface area contributed by atoms with Crippen LogP contribution in [-0.4, -0.2) is 5.78 Å². The first-order chi connectivity index (χ1) is 7.70. The van der Waals surface area contributed by atoms with Crippen LogP contribution in [0.4, 0.5) is 0 Å². The fourth-order valence-corrected chi connectivity index (χ4v) is 3.65. The minimum absolute atomic E-state index is 0.440. The van der Waals surface area contributed by atoms with Crippen LogP contribution in [0, 0.1) is 23.7 Å². The average molecular weight is 222 g/mol. The predicted octanol–water partition coefficient (Wildman–Crippen LogP) is 4.21. The SMILES string of the molecule is CCC1CCC(C2CCC(C)CC2)C(=O)C1. The molecule has 1 heteroatoms. The summed E-state index contributed by atoms with van der Waals surface area (Å²) in [5, 5.41) is 0. The summed E-state index contributed by atoms with van der Waals surface area (Å²) in [6, 6.07) is 0. The molecule has 1 nitrogen and oxygen atoms in total. The molecule has 0 aliphatic heterocycles. The van der Waals surface area contributed by atoms with E-state index in [1.807, 2.05) is 0 Å². The highest BCUT2D eigenvalue weighted by molar-refractivity contribution is 5.82. The molecule has 0 N–H and O–H groups in total. The van der Waals surface area contributed by atoms with Crippen molar-refractivity contribution in [2.24, 2.45) is 23.7 Å². The third-order valence-electron chi connectivity index (χ3n) is 5.00. The highest BCUT2D eigenvalue weighted by Gasteiger charge is 2.34. The minimum Gasteiger partial charge on any atom is -0.299 e. The number of Topliss-reactive ketones (excluding diaryl/α,β-unsaturated/α-hetero) is 1. The quantitative estimate of drug-likeness (QED) is 0.684. The van der Waals surface area contributed by atoms with Gasteiger partial charge in [0.25, 0.3) is 0 Å². The first-order valence-electron chi connectivity index (χ1n) is 7.23. The summed E-state index contributed by atoms with van der Waals surface area (Å²) in [5.74, 6) is 3.37. The van der Waals surface area contributed by atoms with E-state index < -0.39 is 0 Å². The van der Waals surface area contributed by atoms with Crippen molar-refractivity contribution in [1.29, 1.82) is 0 Å². The first kappa shape index (κ1) is 12.1. The molecule has 0 saturated heterocycles. The van der Waals surface area contributed by atoms with Crippen LogP contribution in [0.25, 0.3) is 0 Å². The van der Waals surface area contributed by atoms with Gasteiger partial charge in [-0.25, -0.2) is 0 Å². The predicted molar refractivity (Wildman–Crippen MR) is 67.3 cm³/mol. The van der Waals surface area contributed by atoms with Crippen molar-refractivity contribution >= 4 is 5.78 Å². The fraction of sp³-hybridized carbons (Fsp3) is 0.933. The van der Waals surface area contributed by atoms with Gasteiger partial charge in [0.15, 0.2) is 0 Å². The standard InChI is InChI=1S/C15H26O/c1-3-12-6-9-14(15(16)10-12)13-7-4-11(2)5-8-13/h11-14H,3-10H2,1-2H3. The molecule has 2 rings (SSSR count). The maximum atomic E-state index is 12.1. The Morgan fingerprint density at radius 3 is 2.31 bits per heavy atom. The Morgan fingerprint density at radius 2 is 1.75 bits per heavy atom. The summed E-state index contributed by atoms with van der Waals surface area (Å²) in [6.45, 7) is 4.58. The van der Waals surface area contributed by atoms with Crippen molar-refractivity contribution in [2.75, 3.05) is 0 Å². The molecular weight excluding hydrogens is 196 g/mol. The van der Waals surface area contributed by atoms with E-state index in [0.29, 0.717) is 17.6 Å². The Kier molecular flexibility index (Phi) is 4.05. The molecule has 0 bridgehead atoms.